The maximum Gasteiger partial charge on any atom is 0.410 e. The second-order valence-electron chi connectivity index (χ2n) is 21.6. The molecule has 74 heavy (non-hydrogen) atoms. The molecule has 2 aromatic heterocycles. The zero-order chi connectivity index (χ0) is 54.6. The van der Waals surface area contributed by atoms with Crippen molar-refractivity contribution in [2.24, 2.45) is 16.7 Å². The number of amides is 5. The summed E-state index contributed by atoms with van der Waals surface area (Å²) in [6.45, 7) is 16.1. The number of ketones is 2. The molecule has 0 radical (unpaired) electrons. The quantitative estimate of drug-likeness (QED) is 0.0647. The number of hydrogen-bond acceptors (Lipinski definition) is 10. The summed E-state index contributed by atoms with van der Waals surface area (Å²) in [4.78, 5) is 103. The van der Waals surface area contributed by atoms with Gasteiger partial charge < -0.3 is 45.4 Å². The number of rotatable bonds is 14. The van der Waals surface area contributed by atoms with Gasteiger partial charge in [-0.25, -0.2) is 13.6 Å². The molecule has 3 aromatic carbocycles. The Hall–Kier alpha value is -6.99. The fourth-order valence-corrected chi connectivity index (χ4v) is 9.09. The highest BCUT2D eigenvalue weighted by Gasteiger charge is 2.47. The Labute approximate surface area is 429 Å². The Kier molecular flexibility index (Phi) is 17.5. The number of halogens is 2. The number of H-pyrrole nitrogens is 2. The second-order valence-corrected chi connectivity index (χ2v) is 21.6. The Morgan fingerprint density at radius 1 is 0.703 bits per heavy atom. The zero-order valence-corrected chi connectivity index (χ0v) is 43.6. The van der Waals surface area contributed by atoms with Gasteiger partial charge in [-0.1, -0.05) is 85.7 Å². The van der Waals surface area contributed by atoms with Crippen LogP contribution in [0.5, 0.6) is 0 Å². The van der Waals surface area contributed by atoms with Gasteiger partial charge in [-0.15, -0.1) is 0 Å². The third-order valence-corrected chi connectivity index (χ3v) is 13.9. The smallest absolute Gasteiger partial charge is 0.410 e. The first-order chi connectivity index (χ1) is 34.7. The molecule has 0 saturated carbocycles. The summed E-state index contributed by atoms with van der Waals surface area (Å²) in [6, 6.07) is 12.5. The van der Waals surface area contributed by atoms with E-state index in [0.29, 0.717) is 33.8 Å². The zero-order valence-electron chi connectivity index (χ0n) is 43.6. The molecule has 0 aliphatic carbocycles. The number of ether oxygens (including phenoxy) is 1. The number of fused-ring (bicyclic) bond motifs is 2. The van der Waals surface area contributed by atoms with Gasteiger partial charge in [0.25, 0.3) is 0 Å². The molecule has 2 saturated heterocycles. The van der Waals surface area contributed by atoms with Crippen molar-refractivity contribution in [3.8, 4) is 0 Å². The molecule has 2 fully saturated rings. The van der Waals surface area contributed by atoms with Crippen molar-refractivity contribution >= 4 is 63.1 Å². The van der Waals surface area contributed by atoms with Gasteiger partial charge in [0.2, 0.25) is 23.6 Å². The number of nitrogens with one attached hydrogen (secondary N) is 4. The number of aliphatic hydroxyl groups is 2. The van der Waals surface area contributed by atoms with E-state index < -0.39 is 94.5 Å². The van der Waals surface area contributed by atoms with E-state index in [0.717, 1.165) is 10.5 Å². The highest BCUT2D eigenvalue weighted by molar-refractivity contribution is 6.12. The molecule has 4 heterocycles. The lowest BCUT2D eigenvalue weighted by Crippen LogP contribution is -2.59. The first-order valence-corrected chi connectivity index (χ1v) is 24.8. The van der Waals surface area contributed by atoms with Crippen molar-refractivity contribution in [2.45, 2.75) is 131 Å². The second kappa shape index (κ2) is 23.1. The number of carbonyl (C=O) groups excluding carboxylic acids is 7. The molecule has 2 aliphatic heterocycles. The van der Waals surface area contributed by atoms with Gasteiger partial charge in [-0.2, -0.15) is 0 Å². The van der Waals surface area contributed by atoms with E-state index in [-0.39, 0.29) is 55.7 Å². The molecule has 17 nitrogen and oxygen atoms in total. The number of likely N-dealkylation sites (N-methyl/N-ethyl adjacent to an activating group) is 1. The predicted octanol–water partition coefficient (Wildman–Crippen LogP) is 6.67. The van der Waals surface area contributed by atoms with Gasteiger partial charge >= 0.3 is 6.09 Å². The molecule has 398 valence electrons. The van der Waals surface area contributed by atoms with Gasteiger partial charge in [-0.3, -0.25) is 33.7 Å². The van der Waals surface area contributed by atoms with Crippen LogP contribution >= 0.6 is 0 Å². The SMILES string of the molecule is CC[C@@H](C)C(=O)N[C@H](C(=O)N1C[C@@H](O)C[C@H]1C(=O)c1c[nH]c2cc(F)ccc12)C(C)(C)C.C[C@@H](C(=O)N[C@H](C(=O)N1C[C@@H](O)C[C@H]1C(=O)c1c[nH]c2cc(F)ccc12)C(C)(C)C)N(C)C(=O)OCc1ccccc1. The van der Waals surface area contributed by atoms with Gasteiger partial charge in [0.05, 0.1) is 24.3 Å². The number of aliphatic hydroxyl groups excluding tert-OH is 2. The third kappa shape index (κ3) is 12.8. The molecule has 5 aromatic rings. The van der Waals surface area contributed by atoms with Crippen LogP contribution in [-0.4, -0.2) is 139 Å². The molecule has 6 N–H and O–H groups in total. The average molecular weight is 1030 g/mol. The molecule has 2 aliphatic rings. The summed E-state index contributed by atoms with van der Waals surface area (Å²) in [5.41, 5.74) is 0.966. The Morgan fingerprint density at radius 3 is 1.55 bits per heavy atom. The largest absolute Gasteiger partial charge is 0.445 e. The molecular weight excluding hydrogens is 957 g/mol. The number of aromatic nitrogens is 2. The van der Waals surface area contributed by atoms with Crippen molar-refractivity contribution in [3.05, 3.63) is 107 Å². The van der Waals surface area contributed by atoms with Crippen LogP contribution in [0.2, 0.25) is 0 Å². The number of nitrogens with zero attached hydrogens (tertiary/aromatic N) is 3. The summed E-state index contributed by atoms with van der Waals surface area (Å²) in [5, 5.41) is 27.5. The molecule has 8 atom stereocenters. The lowest BCUT2D eigenvalue weighted by molar-refractivity contribution is -0.140. The fraction of sp³-hybridized carbons (Fsp3) is 0.473. The van der Waals surface area contributed by atoms with Crippen LogP contribution in [0.4, 0.5) is 13.6 Å². The normalized spacial score (nSPS) is 19.5. The van der Waals surface area contributed by atoms with Gasteiger partial charge in [0.1, 0.15) is 36.4 Å². The van der Waals surface area contributed by atoms with Gasteiger partial charge in [-0.05, 0) is 66.1 Å². The minimum atomic E-state index is -1.07. The summed E-state index contributed by atoms with van der Waals surface area (Å²) < 4.78 is 32.5. The van der Waals surface area contributed by atoms with E-state index in [4.69, 9.17) is 4.74 Å². The van der Waals surface area contributed by atoms with E-state index in [1.165, 1.54) is 72.6 Å². The van der Waals surface area contributed by atoms with E-state index in [1.807, 2.05) is 58.0 Å². The maximum atomic E-state index is 13.9. The first-order valence-electron chi connectivity index (χ1n) is 24.8. The van der Waals surface area contributed by atoms with Crippen LogP contribution in [0.25, 0.3) is 21.8 Å². The van der Waals surface area contributed by atoms with Gasteiger partial charge in [0.15, 0.2) is 11.6 Å². The topological polar surface area (TPSA) is 235 Å². The minimum absolute atomic E-state index is 0.0119. The first kappa shape index (κ1) is 56.3. The number of benzene rings is 3. The molecule has 0 bridgehead atoms. The third-order valence-electron chi connectivity index (χ3n) is 13.9. The highest BCUT2D eigenvalue weighted by Crippen LogP contribution is 2.32. The minimum Gasteiger partial charge on any atom is -0.445 e. The van der Waals surface area contributed by atoms with Crippen molar-refractivity contribution in [2.75, 3.05) is 20.1 Å². The van der Waals surface area contributed by atoms with E-state index in [9.17, 15) is 52.6 Å². The monoisotopic (exact) mass is 1030 g/mol. The van der Waals surface area contributed by atoms with Crippen LogP contribution in [0, 0.1) is 28.4 Å². The molecule has 0 unspecified atom stereocenters. The van der Waals surface area contributed by atoms with E-state index in [1.54, 1.807) is 27.7 Å². The number of hydrogen-bond donors (Lipinski definition) is 6. The van der Waals surface area contributed by atoms with Crippen molar-refractivity contribution in [1.29, 1.82) is 0 Å². The number of aromatic amines is 2. The average Bonchev–Trinajstić information content (AvgIpc) is 4.17. The van der Waals surface area contributed by atoms with Crippen LogP contribution in [0.1, 0.15) is 108 Å². The standard InChI is InChI=1S/C31H37FN4O6.C24H32FN3O4/c1-18(35(5)30(41)42-17-19-9-7-6-8-10-19)28(39)34-27(31(2,3)4)29(40)36-16-21(37)14-25(36)26(38)23-15-33-24-13-20(32)11-12-22(23)24;1-6-13(2)22(31)27-21(24(3,4)5)23(32)28-12-15(29)10-19(28)20(30)17-11-26-18-9-14(25)7-8-16(17)18/h6-13,15,18,21,25,27,33,37H,14,16-17H2,1-5H3,(H,34,39);7-9,11,13,15,19,21,26,29H,6,10,12H2,1-5H3,(H,27,31)/t18-,21-,25-,27+;13-,15+,19+,21-/m01/s1. The van der Waals surface area contributed by atoms with Crippen LogP contribution in [0.3, 0.4) is 0 Å². The number of carbonyl (C=O) groups is 7. The summed E-state index contributed by atoms with van der Waals surface area (Å²) in [6.07, 6.45) is 1.26. The number of β-amino-alcohol motifs (C(OH)–C–C–N with tert-alkyl or cyclic N) is 2. The molecular formula is C55H69F2N7O10. The van der Waals surface area contributed by atoms with Crippen LogP contribution in [0.15, 0.2) is 79.1 Å². The van der Waals surface area contributed by atoms with Crippen molar-refractivity contribution < 1.29 is 57.3 Å². The van der Waals surface area contributed by atoms with Crippen LogP contribution < -0.4 is 10.6 Å². The summed E-state index contributed by atoms with van der Waals surface area (Å²) in [7, 11) is 1.43. The van der Waals surface area contributed by atoms with E-state index >= 15 is 0 Å². The molecule has 7 rings (SSSR count). The van der Waals surface area contributed by atoms with Gasteiger partial charge in [0, 0.05) is 84.2 Å². The number of Topliss-reactive ketones (excluding diaryl/α,β-unsaturated/α-hetero) is 2. The Morgan fingerprint density at radius 2 is 1.14 bits per heavy atom. The van der Waals surface area contributed by atoms with E-state index in [2.05, 4.69) is 20.6 Å². The lowest BCUT2D eigenvalue weighted by Gasteiger charge is -2.36. The van der Waals surface area contributed by atoms with Crippen molar-refractivity contribution in [3.63, 3.8) is 0 Å². The Bertz CT molecular complexity index is 2870. The predicted molar refractivity (Wildman–Crippen MR) is 274 cm³/mol. The molecule has 19 heteroatoms. The van der Waals surface area contributed by atoms with Crippen molar-refractivity contribution in [1.82, 2.24) is 35.3 Å². The fourth-order valence-electron chi connectivity index (χ4n) is 9.09. The summed E-state index contributed by atoms with van der Waals surface area (Å²) >= 11 is 0. The Balaban J connectivity index is 0.000000250. The highest BCUT2D eigenvalue weighted by atomic mass is 19.1. The maximum absolute atomic E-state index is 13.9. The lowest BCUT2D eigenvalue weighted by atomic mass is 9.85. The molecule has 0 spiro atoms. The summed E-state index contributed by atoms with van der Waals surface area (Å²) in [5.74, 6) is -3.57. The van der Waals surface area contributed by atoms with Crippen LogP contribution in [-0.2, 0) is 30.5 Å². The number of likely N-dealkylation sites (tertiary alicyclic amines) is 2. The molecule has 5 amide bonds.